The molecule has 17 heavy (non-hydrogen) atoms. The fraction of sp³-hybridized carbons (Fsp3) is 0.312. The number of aryl methyl sites for hydroxylation is 2. The van der Waals surface area contributed by atoms with Crippen molar-refractivity contribution < 1.29 is 0 Å². The highest BCUT2D eigenvalue weighted by Crippen LogP contribution is 2.35. The van der Waals surface area contributed by atoms with Crippen LogP contribution in [0.3, 0.4) is 0 Å². The molecule has 0 aromatic rings. The largest absolute Gasteiger partial charge is 0.192 e. The van der Waals surface area contributed by atoms with E-state index in [0.717, 1.165) is 11.1 Å². The first-order valence-electron chi connectivity index (χ1n) is 5.98. The van der Waals surface area contributed by atoms with E-state index in [0.29, 0.717) is 5.92 Å². The molecule has 0 aromatic heterocycles. The van der Waals surface area contributed by atoms with Crippen molar-refractivity contribution in [3.8, 4) is 17.2 Å². The fourth-order valence-corrected chi connectivity index (χ4v) is 2.29. The molecule has 2 aliphatic carbocycles. The maximum absolute atomic E-state index is 9.18. The third-order valence-corrected chi connectivity index (χ3v) is 3.34. The lowest BCUT2D eigenvalue weighted by molar-refractivity contribution is 0.868. The van der Waals surface area contributed by atoms with Crippen molar-refractivity contribution in [1.82, 2.24) is 0 Å². The summed E-state index contributed by atoms with van der Waals surface area (Å²) in [5.41, 5.74) is 6.81. The van der Waals surface area contributed by atoms with Gasteiger partial charge in [0, 0.05) is 5.56 Å². The van der Waals surface area contributed by atoms with Gasteiger partial charge in [-0.2, -0.15) is 5.26 Å². The molecule has 1 nitrogen and oxygen atoms in total. The van der Waals surface area contributed by atoms with Crippen molar-refractivity contribution in [1.29, 1.82) is 5.26 Å². The lowest BCUT2D eigenvalue weighted by atomic mass is 10.0. The maximum atomic E-state index is 9.18. The Morgan fingerprint density at radius 1 is 1.06 bits per heavy atom. The topological polar surface area (TPSA) is 23.8 Å². The quantitative estimate of drug-likeness (QED) is 0.702. The first-order chi connectivity index (χ1) is 8.04. The number of nitriles is 1. The van der Waals surface area contributed by atoms with Crippen LogP contribution in [0.5, 0.6) is 0 Å². The standard InChI is InChI=1S/C16H17N/c1-10(2)13-6-5-11(3)16-14(9-17)7-12(4)15(16)8-13/h5-8,10H,1-4H3. The van der Waals surface area contributed by atoms with Gasteiger partial charge in [0.05, 0.1) is 11.6 Å². The first kappa shape index (κ1) is 11.7. The van der Waals surface area contributed by atoms with Gasteiger partial charge in [0.15, 0.2) is 0 Å². The van der Waals surface area contributed by atoms with E-state index in [1.165, 1.54) is 22.3 Å². The molecule has 0 atom stereocenters. The van der Waals surface area contributed by atoms with Crippen LogP contribution in [0.15, 0.2) is 24.3 Å². The van der Waals surface area contributed by atoms with E-state index in [-0.39, 0.29) is 0 Å². The molecule has 0 spiro atoms. The Kier molecular flexibility index (Phi) is 2.90. The summed E-state index contributed by atoms with van der Waals surface area (Å²) in [6, 6.07) is 10.8. The molecule has 0 aliphatic heterocycles. The maximum Gasteiger partial charge on any atom is 0.0998 e. The molecule has 0 saturated heterocycles. The molecule has 0 N–H and O–H groups in total. The van der Waals surface area contributed by atoms with Crippen LogP contribution in [0.2, 0.25) is 0 Å². The molecule has 2 rings (SSSR count). The van der Waals surface area contributed by atoms with Gasteiger partial charge in [-0.1, -0.05) is 32.0 Å². The first-order valence-corrected chi connectivity index (χ1v) is 5.98. The predicted octanol–water partition coefficient (Wildman–Crippen LogP) is 4.40. The highest BCUT2D eigenvalue weighted by molar-refractivity contribution is 5.80. The monoisotopic (exact) mass is 223 g/mol. The molecule has 0 fully saturated rings. The van der Waals surface area contributed by atoms with E-state index in [1.807, 2.05) is 6.07 Å². The Balaban J connectivity index is 2.80. The minimum atomic E-state index is 0.504. The second kappa shape index (κ2) is 4.22. The van der Waals surface area contributed by atoms with Crippen LogP contribution in [0.1, 0.15) is 42.0 Å². The minimum Gasteiger partial charge on any atom is -0.192 e. The lowest BCUT2D eigenvalue weighted by Gasteiger charge is -2.03. The van der Waals surface area contributed by atoms with E-state index in [4.69, 9.17) is 0 Å². The van der Waals surface area contributed by atoms with Crippen molar-refractivity contribution in [3.05, 3.63) is 46.5 Å². The summed E-state index contributed by atoms with van der Waals surface area (Å²) in [5, 5.41) is 9.18. The van der Waals surface area contributed by atoms with Crippen molar-refractivity contribution in [2.45, 2.75) is 33.6 Å². The van der Waals surface area contributed by atoms with E-state index in [1.54, 1.807) is 0 Å². The molecule has 86 valence electrons. The van der Waals surface area contributed by atoms with Gasteiger partial charge in [-0.05, 0) is 48.1 Å². The Labute approximate surface area is 103 Å². The summed E-state index contributed by atoms with van der Waals surface area (Å²) in [5.74, 6) is 0.504. The molecule has 0 bridgehead atoms. The highest BCUT2D eigenvalue weighted by atomic mass is 14.3. The molecule has 0 saturated carbocycles. The van der Waals surface area contributed by atoms with Crippen LogP contribution < -0.4 is 0 Å². The molecule has 0 aromatic carbocycles. The number of hydrogen-bond acceptors (Lipinski definition) is 1. The molecular weight excluding hydrogens is 206 g/mol. The SMILES string of the molecule is Cc1cc(C#N)c2c(C)ccc(C(C)C)cc1-2. The fourth-order valence-electron chi connectivity index (χ4n) is 2.29. The average Bonchev–Trinajstić information content (AvgIpc) is 2.48. The van der Waals surface area contributed by atoms with E-state index in [9.17, 15) is 5.26 Å². The Hall–Kier alpha value is -1.81. The third kappa shape index (κ3) is 1.91. The number of rotatable bonds is 1. The van der Waals surface area contributed by atoms with Crippen molar-refractivity contribution in [3.63, 3.8) is 0 Å². The second-order valence-corrected chi connectivity index (χ2v) is 4.96. The number of hydrogen-bond donors (Lipinski definition) is 0. The summed E-state index contributed by atoms with van der Waals surface area (Å²) in [6.45, 7) is 8.54. The van der Waals surface area contributed by atoms with Gasteiger partial charge >= 0.3 is 0 Å². The highest BCUT2D eigenvalue weighted by Gasteiger charge is 2.15. The summed E-state index contributed by atoms with van der Waals surface area (Å²) in [7, 11) is 0. The van der Waals surface area contributed by atoms with Gasteiger partial charge in [0.1, 0.15) is 0 Å². The Morgan fingerprint density at radius 2 is 1.76 bits per heavy atom. The zero-order chi connectivity index (χ0) is 12.6. The summed E-state index contributed by atoms with van der Waals surface area (Å²) >= 11 is 0. The molecule has 2 aliphatic rings. The number of fused-ring (bicyclic) bond motifs is 1. The zero-order valence-electron chi connectivity index (χ0n) is 10.8. The minimum absolute atomic E-state index is 0.504. The van der Waals surface area contributed by atoms with E-state index >= 15 is 0 Å². The normalized spacial score (nSPS) is 10.8. The van der Waals surface area contributed by atoms with Gasteiger partial charge < -0.3 is 0 Å². The summed E-state index contributed by atoms with van der Waals surface area (Å²) in [4.78, 5) is 0. The lowest BCUT2D eigenvalue weighted by Crippen LogP contribution is -1.84. The molecule has 0 radical (unpaired) electrons. The molecule has 0 unspecified atom stereocenters. The van der Waals surface area contributed by atoms with E-state index in [2.05, 4.69) is 52.0 Å². The Bertz CT molecular complexity index is 573. The van der Waals surface area contributed by atoms with Crippen LogP contribution in [0, 0.1) is 25.2 Å². The smallest absolute Gasteiger partial charge is 0.0998 e. The summed E-state index contributed by atoms with van der Waals surface area (Å²) < 4.78 is 0. The van der Waals surface area contributed by atoms with Gasteiger partial charge in [0.2, 0.25) is 0 Å². The molecular formula is C16H17N. The van der Waals surface area contributed by atoms with Crippen LogP contribution in [-0.4, -0.2) is 0 Å². The van der Waals surface area contributed by atoms with Crippen LogP contribution in [-0.2, 0) is 0 Å². The van der Waals surface area contributed by atoms with Crippen LogP contribution >= 0.6 is 0 Å². The van der Waals surface area contributed by atoms with E-state index < -0.39 is 0 Å². The second-order valence-electron chi connectivity index (χ2n) is 4.96. The predicted molar refractivity (Wildman–Crippen MR) is 71.3 cm³/mol. The average molecular weight is 223 g/mol. The Morgan fingerprint density at radius 3 is 2.35 bits per heavy atom. The van der Waals surface area contributed by atoms with Gasteiger partial charge in [-0.25, -0.2) is 0 Å². The summed E-state index contributed by atoms with van der Waals surface area (Å²) in [6.07, 6.45) is 0. The van der Waals surface area contributed by atoms with Gasteiger partial charge in [0.25, 0.3) is 0 Å². The van der Waals surface area contributed by atoms with Crippen molar-refractivity contribution in [2.75, 3.05) is 0 Å². The van der Waals surface area contributed by atoms with Crippen LogP contribution in [0.4, 0.5) is 0 Å². The van der Waals surface area contributed by atoms with Crippen LogP contribution in [0.25, 0.3) is 11.1 Å². The number of nitrogens with zero attached hydrogens (tertiary/aromatic N) is 1. The van der Waals surface area contributed by atoms with Gasteiger partial charge in [-0.3, -0.25) is 0 Å². The zero-order valence-corrected chi connectivity index (χ0v) is 10.8. The molecule has 0 heterocycles. The van der Waals surface area contributed by atoms with Crippen molar-refractivity contribution >= 4 is 0 Å². The van der Waals surface area contributed by atoms with Crippen molar-refractivity contribution in [2.24, 2.45) is 0 Å². The third-order valence-electron chi connectivity index (χ3n) is 3.34. The molecule has 0 amide bonds. The molecule has 1 heteroatoms. The van der Waals surface area contributed by atoms with Gasteiger partial charge in [-0.15, -0.1) is 0 Å².